The predicted octanol–water partition coefficient (Wildman–Crippen LogP) is 3.53. The monoisotopic (exact) mass is 529 g/mol. The third-order valence-electron chi connectivity index (χ3n) is 5.52. The van der Waals surface area contributed by atoms with Gasteiger partial charge in [-0.3, -0.25) is 9.67 Å². The predicted molar refractivity (Wildman–Crippen MR) is 131 cm³/mol. The summed E-state index contributed by atoms with van der Waals surface area (Å²) < 4.78 is 13.2. The van der Waals surface area contributed by atoms with Crippen molar-refractivity contribution < 1.29 is 9.15 Å². The Morgan fingerprint density at radius 3 is 2.83 bits per heavy atom. The third kappa shape index (κ3) is 7.30. The van der Waals surface area contributed by atoms with Gasteiger partial charge in [-0.1, -0.05) is 0 Å². The quantitative estimate of drug-likeness (QED) is 0.311. The fraction of sp³-hybridized carbons (Fsp3) is 0.636. The minimum Gasteiger partial charge on any atom is -0.469 e. The van der Waals surface area contributed by atoms with Crippen LogP contribution in [-0.4, -0.2) is 47.6 Å². The highest BCUT2D eigenvalue weighted by molar-refractivity contribution is 14.0. The van der Waals surface area contributed by atoms with Gasteiger partial charge < -0.3 is 19.8 Å². The number of aliphatic imine (C=N–C) groups is 1. The maximum atomic E-state index is 5.84. The van der Waals surface area contributed by atoms with Crippen LogP contribution >= 0.6 is 24.0 Å². The molecule has 2 N–H and O–H groups in total. The van der Waals surface area contributed by atoms with Gasteiger partial charge >= 0.3 is 0 Å². The summed E-state index contributed by atoms with van der Waals surface area (Å²) in [5, 5.41) is 11.6. The van der Waals surface area contributed by atoms with Gasteiger partial charge in [-0.05, 0) is 64.2 Å². The minimum absolute atomic E-state index is 0. The summed E-state index contributed by atoms with van der Waals surface area (Å²) in [5.41, 5.74) is 3.62. The number of furan rings is 1. The molecule has 1 aliphatic heterocycles. The van der Waals surface area contributed by atoms with Gasteiger partial charge in [-0.2, -0.15) is 5.10 Å². The second kappa shape index (κ2) is 12.3. The molecule has 30 heavy (non-hydrogen) atoms. The first-order valence-electron chi connectivity index (χ1n) is 10.7. The van der Waals surface area contributed by atoms with E-state index in [4.69, 9.17) is 14.1 Å². The smallest absolute Gasteiger partial charge is 0.191 e. The first-order chi connectivity index (χ1) is 14.0. The zero-order valence-electron chi connectivity index (χ0n) is 18.6. The lowest BCUT2D eigenvalue weighted by Crippen LogP contribution is -2.44. The molecule has 3 rings (SSSR count). The third-order valence-corrected chi connectivity index (χ3v) is 5.52. The van der Waals surface area contributed by atoms with E-state index in [2.05, 4.69) is 36.5 Å². The lowest BCUT2D eigenvalue weighted by molar-refractivity contribution is 0.0224. The van der Waals surface area contributed by atoms with Crippen LogP contribution in [0.1, 0.15) is 48.9 Å². The number of nitrogens with one attached hydrogen (secondary N) is 2. The van der Waals surface area contributed by atoms with Gasteiger partial charge in [-0.15, -0.1) is 24.0 Å². The number of halogens is 1. The van der Waals surface area contributed by atoms with Crippen molar-refractivity contribution in [3.63, 3.8) is 0 Å². The van der Waals surface area contributed by atoms with Crippen LogP contribution in [-0.2, 0) is 24.6 Å². The Balaban J connectivity index is 0.00000320. The molecular formula is C22H36IN5O2. The molecule has 2 atom stereocenters. The van der Waals surface area contributed by atoms with E-state index in [0.29, 0.717) is 6.54 Å². The van der Waals surface area contributed by atoms with E-state index in [0.717, 1.165) is 56.2 Å². The summed E-state index contributed by atoms with van der Waals surface area (Å²) in [6, 6.07) is 4.15. The second-order valence-corrected chi connectivity index (χ2v) is 7.96. The maximum absolute atomic E-state index is 5.84. The molecule has 0 amide bonds. The number of ether oxygens (including phenoxy) is 1. The van der Waals surface area contributed by atoms with Gasteiger partial charge in [0.1, 0.15) is 5.76 Å². The number of guanidine groups is 1. The van der Waals surface area contributed by atoms with Gasteiger partial charge in [-0.25, -0.2) is 0 Å². The van der Waals surface area contributed by atoms with Crippen LogP contribution in [0.15, 0.2) is 27.8 Å². The SMILES string of the molecule is Cc1nn(C)c(C)c1CC(C)NC(=NCC1CCCCO1)NCCc1ccco1.I. The Morgan fingerprint density at radius 2 is 2.20 bits per heavy atom. The molecule has 168 valence electrons. The number of aromatic nitrogens is 2. The Kier molecular flexibility index (Phi) is 10.2. The Hall–Kier alpha value is -1.55. The Morgan fingerprint density at radius 1 is 1.37 bits per heavy atom. The molecule has 0 spiro atoms. The molecule has 8 heteroatoms. The topological polar surface area (TPSA) is 76.6 Å². The van der Waals surface area contributed by atoms with Crippen LogP contribution in [0.2, 0.25) is 0 Å². The van der Waals surface area contributed by atoms with Gasteiger partial charge in [0.05, 0.1) is 24.6 Å². The van der Waals surface area contributed by atoms with Gasteiger partial charge in [0.25, 0.3) is 0 Å². The van der Waals surface area contributed by atoms with Crippen LogP contribution in [0.5, 0.6) is 0 Å². The van der Waals surface area contributed by atoms with E-state index in [1.165, 1.54) is 17.7 Å². The molecule has 1 aliphatic rings. The number of hydrogen-bond acceptors (Lipinski definition) is 4. The first kappa shape index (κ1) is 24.7. The van der Waals surface area contributed by atoms with E-state index in [-0.39, 0.29) is 36.1 Å². The van der Waals surface area contributed by atoms with Gasteiger partial charge in [0.2, 0.25) is 0 Å². The number of hydrogen-bond donors (Lipinski definition) is 2. The van der Waals surface area contributed by atoms with Gasteiger partial charge in [0, 0.05) is 38.4 Å². The minimum atomic E-state index is 0. The molecule has 0 aliphatic carbocycles. The second-order valence-electron chi connectivity index (χ2n) is 7.96. The van der Waals surface area contributed by atoms with Crippen molar-refractivity contribution in [3.05, 3.63) is 41.1 Å². The van der Waals surface area contributed by atoms with Crippen LogP contribution < -0.4 is 10.6 Å². The summed E-state index contributed by atoms with van der Waals surface area (Å²) in [4.78, 5) is 4.82. The first-order valence-corrected chi connectivity index (χ1v) is 10.7. The largest absolute Gasteiger partial charge is 0.469 e. The summed E-state index contributed by atoms with van der Waals surface area (Å²) in [6.45, 7) is 8.69. The van der Waals surface area contributed by atoms with E-state index < -0.39 is 0 Å². The van der Waals surface area contributed by atoms with E-state index >= 15 is 0 Å². The van der Waals surface area contributed by atoms with Crippen LogP contribution in [0.4, 0.5) is 0 Å². The van der Waals surface area contributed by atoms with Crippen LogP contribution in [0.3, 0.4) is 0 Å². The average molecular weight is 529 g/mol. The van der Waals surface area contributed by atoms with Crippen molar-refractivity contribution >= 4 is 29.9 Å². The molecule has 2 aromatic rings. The summed E-state index contributed by atoms with van der Waals surface area (Å²) in [5.74, 6) is 1.81. The number of aryl methyl sites for hydroxylation is 2. The molecule has 3 heterocycles. The zero-order valence-corrected chi connectivity index (χ0v) is 20.9. The average Bonchev–Trinajstić information content (AvgIpc) is 3.31. The maximum Gasteiger partial charge on any atom is 0.191 e. The van der Waals surface area contributed by atoms with Crippen molar-refractivity contribution in [1.82, 2.24) is 20.4 Å². The normalized spacial score (nSPS) is 18.0. The van der Waals surface area contributed by atoms with Crippen molar-refractivity contribution in [2.45, 2.75) is 65.0 Å². The highest BCUT2D eigenvalue weighted by Crippen LogP contribution is 2.15. The molecule has 2 unspecified atom stereocenters. The fourth-order valence-electron chi connectivity index (χ4n) is 3.76. The molecule has 2 aromatic heterocycles. The Labute approximate surface area is 197 Å². The molecule has 1 saturated heterocycles. The zero-order chi connectivity index (χ0) is 20.6. The lowest BCUT2D eigenvalue weighted by Gasteiger charge is -2.22. The molecule has 0 aromatic carbocycles. The summed E-state index contributed by atoms with van der Waals surface area (Å²) in [6.07, 6.45) is 7.15. The molecule has 7 nitrogen and oxygen atoms in total. The summed E-state index contributed by atoms with van der Waals surface area (Å²) >= 11 is 0. The Bertz CT molecular complexity index is 782. The highest BCUT2D eigenvalue weighted by atomic mass is 127. The molecular weight excluding hydrogens is 493 g/mol. The van der Waals surface area contributed by atoms with Crippen molar-refractivity contribution in [2.75, 3.05) is 19.7 Å². The van der Waals surface area contributed by atoms with Crippen molar-refractivity contribution in [1.29, 1.82) is 0 Å². The number of nitrogens with zero attached hydrogens (tertiary/aromatic N) is 3. The van der Waals surface area contributed by atoms with E-state index in [1.54, 1.807) is 6.26 Å². The fourth-order valence-corrected chi connectivity index (χ4v) is 3.76. The molecule has 0 radical (unpaired) electrons. The number of rotatable bonds is 8. The molecule has 1 fully saturated rings. The van der Waals surface area contributed by atoms with Crippen molar-refractivity contribution in [2.24, 2.45) is 12.0 Å². The van der Waals surface area contributed by atoms with Crippen LogP contribution in [0, 0.1) is 13.8 Å². The standard InChI is InChI=1S/C22H35N5O2.HI/c1-16(14-21-17(2)26-27(4)18(21)3)25-22(23-11-10-19-9-7-13-28-19)24-15-20-8-5-6-12-29-20;/h7,9,13,16,20H,5-6,8,10-12,14-15H2,1-4H3,(H2,23,24,25);1H. The van der Waals surface area contributed by atoms with Gasteiger partial charge in [0.15, 0.2) is 5.96 Å². The highest BCUT2D eigenvalue weighted by Gasteiger charge is 2.16. The van der Waals surface area contributed by atoms with E-state index in [9.17, 15) is 0 Å². The summed E-state index contributed by atoms with van der Waals surface area (Å²) in [7, 11) is 2.00. The van der Waals surface area contributed by atoms with Crippen molar-refractivity contribution in [3.8, 4) is 0 Å². The molecule has 0 bridgehead atoms. The lowest BCUT2D eigenvalue weighted by atomic mass is 10.1. The van der Waals surface area contributed by atoms with Crippen LogP contribution in [0.25, 0.3) is 0 Å². The molecule has 0 saturated carbocycles. The van der Waals surface area contributed by atoms with E-state index in [1.807, 2.05) is 23.9 Å².